The minimum absolute atomic E-state index is 0.338. The Morgan fingerprint density at radius 2 is 1.95 bits per heavy atom. The molecule has 3 atom stereocenters. The number of aliphatic hydroxyl groups is 1. The van der Waals surface area contributed by atoms with E-state index in [1.54, 1.807) is 0 Å². The Hall–Kier alpha value is -1.02. The molecule has 3 rings (SSSR count). The second-order valence-electron chi connectivity index (χ2n) is 6.11. The van der Waals surface area contributed by atoms with Crippen LogP contribution in [0.3, 0.4) is 0 Å². The van der Waals surface area contributed by atoms with E-state index >= 15 is 0 Å². The average molecular weight is 260 g/mol. The molecule has 2 aliphatic rings. The first-order valence-electron chi connectivity index (χ1n) is 7.63. The van der Waals surface area contributed by atoms with Crippen LogP contribution in [0.1, 0.15) is 49.8 Å². The molecule has 104 valence electrons. The van der Waals surface area contributed by atoms with E-state index in [2.05, 4.69) is 19.1 Å². The quantitative estimate of drug-likeness (QED) is 0.890. The molecule has 0 saturated heterocycles. The molecule has 0 aromatic heterocycles. The van der Waals surface area contributed by atoms with Gasteiger partial charge in [-0.25, -0.2) is 0 Å². The van der Waals surface area contributed by atoms with Gasteiger partial charge >= 0.3 is 0 Å². The number of hydrogen-bond acceptors (Lipinski definition) is 2. The third kappa shape index (κ3) is 2.38. The third-order valence-electron chi connectivity index (χ3n) is 4.87. The van der Waals surface area contributed by atoms with Crippen molar-refractivity contribution in [3.63, 3.8) is 0 Å². The lowest BCUT2D eigenvalue weighted by Crippen LogP contribution is -2.06. The Bertz CT molecular complexity index is 443. The molecule has 19 heavy (non-hydrogen) atoms. The van der Waals surface area contributed by atoms with Crippen LogP contribution in [0.4, 0.5) is 0 Å². The number of aliphatic hydroxyl groups excluding tert-OH is 1. The highest BCUT2D eigenvalue weighted by Gasteiger charge is 2.54. The Morgan fingerprint density at radius 3 is 2.58 bits per heavy atom. The van der Waals surface area contributed by atoms with E-state index in [0.717, 1.165) is 23.1 Å². The minimum atomic E-state index is -0.338. The lowest BCUT2D eigenvalue weighted by molar-refractivity contribution is 0.137. The summed E-state index contributed by atoms with van der Waals surface area (Å²) in [7, 11) is 0. The molecule has 3 unspecified atom stereocenters. The summed E-state index contributed by atoms with van der Waals surface area (Å²) >= 11 is 0. The van der Waals surface area contributed by atoms with Crippen LogP contribution in [-0.4, -0.2) is 11.7 Å². The van der Waals surface area contributed by atoms with Gasteiger partial charge in [-0.2, -0.15) is 0 Å². The van der Waals surface area contributed by atoms with Crippen LogP contribution < -0.4 is 4.74 Å². The highest BCUT2D eigenvalue weighted by Crippen LogP contribution is 2.61. The molecule has 2 aliphatic carbocycles. The first-order valence-corrected chi connectivity index (χ1v) is 7.63. The van der Waals surface area contributed by atoms with Crippen molar-refractivity contribution in [2.24, 2.45) is 17.8 Å². The van der Waals surface area contributed by atoms with Crippen molar-refractivity contribution in [2.75, 3.05) is 6.61 Å². The fraction of sp³-hybridized carbons (Fsp3) is 0.647. The number of hydrogen-bond donors (Lipinski definition) is 1. The van der Waals surface area contributed by atoms with E-state index in [1.807, 2.05) is 13.0 Å². The van der Waals surface area contributed by atoms with Crippen LogP contribution >= 0.6 is 0 Å². The maximum absolute atomic E-state index is 10.7. The number of rotatable bonds is 4. The van der Waals surface area contributed by atoms with Gasteiger partial charge in [0, 0.05) is 5.56 Å². The highest BCUT2D eigenvalue weighted by atomic mass is 16.5. The van der Waals surface area contributed by atoms with Crippen molar-refractivity contribution in [3.8, 4) is 5.75 Å². The molecule has 1 aromatic carbocycles. The van der Waals surface area contributed by atoms with Gasteiger partial charge in [0.15, 0.2) is 0 Å². The molecule has 2 fully saturated rings. The lowest BCUT2D eigenvalue weighted by Gasteiger charge is -2.17. The Kier molecular flexibility index (Phi) is 3.53. The van der Waals surface area contributed by atoms with Crippen LogP contribution in [0, 0.1) is 24.7 Å². The van der Waals surface area contributed by atoms with Gasteiger partial charge in [-0.15, -0.1) is 0 Å². The Morgan fingerprint density at radius 1 is 1.26 bits per heavy atom. The van der Waals surface area contributed by atoms with Gasteiger partial charge < -0.3 is 9.84 Å². The molecule has 1 N–H and O–H groups in total. The number of aryl methyl sites for hydroxylation is 1. The van der Waals surface area contributed by atoms with E-state index < -0.39 is 0 Å². The molecule has 0 radical (unpaired) electrons. The van der Waals surface area contributed by atoms with Crippen molar-refractivity contribution in [1.82, 2.24) is 0 Å². The van der Waals surface area contributed by atoms with E-state index in [-0.39, 0.29) is 6.10 Å². The molecular formula is C17H24O2. The lowest BCUT2D eigenvalue weighted by atomic mass is 10.00. The third-order valence-corrected chi connectivity index (χ3v) is 4.87. The Balaban J connectivity index is 1.82. The first-order chi connectivity index (χ1) is 9.22. The molecule has 2 heteroatoms. The predicted molar refractivity (Wildman–Crippen MR) is 76.2 cm³/mol. The fourth-order valence-electron chi connectivity index (χ4n) is 3.91. The molecule has 1 aromatic rings. The monoisotopic (exact) mass is 260 g/mol. The summed E-state index contributed by atoms with van der Waals surface area (Å²) in [4.78, 5) is 0. The van der Waals surface area contributed by atoms with Crippen LogP contribution in [-0.2, 0) is 0 Å². The summed E-state index contributed by atoms with van der Waals surface area (Å²) in [5.41, 5.74) is 2.20. The molecule has 2 saturated carbocycles. The summed E-state index contributed by atoms with van der Waals surface area (Å²) < 4.78 is 5.68. The SMILES string of the molecule is CCOc1ccc(C)cc1C(O)C1C2CCCCC21. The second kappa shape index (κ2) is 5.16. The molecule has 2 nitrogen and oxygen atoms in total. The predicted octanol–water partition coefficient (Wildman–Crippen LogP) is 3.86. The van der Waals surface area contributed by atoms with Gasteiger partial charge in [0.05, 0.1) is 12.7 Å². The summed E-state index contributed by atoms with van der Waals surface area (Å²) in [6, 6.07) is 6.16. The summed E-state index contributed by atoms with van der Waals surface area (Å²) in [5.74, 6) is 2.87. The topological polar surface area (TPSA) is 29.5 Å². The summed E-state index contributed by atoms with van der Waals surface area (Å²) in [6.45, 7) is 4.72. The van der Waals surface area contributed by atoms with Crippen molar-refractivity contribution < 1.29 is 9.84 Å². The molecule has 0 heterocycles. The zero-order valence-corrected chi connectivity index (χ0v) is 11.9. The average Bonchev–Trinajstić information content (AvgIpc) is 3.14. The van der Waals surface area contributed by atoms with Gasteiger partial charge in [-0.05, 0) is 56.6 Å². The molecule has 0 spiro atoms. The molecule has 0 amide bonds. The number of benzene rings is 1. The van der Waals surface area contributed by atoms with Gasteiger partial charge in [0.2, 0.25) is 0 Å². The molecule has 0 bridgehead atoms. The minimum Gasteiger partial charge on any atom is -0.493 e. The zero-order chi connectivity index (χ0) is 13.4. The Labute approximate surface area is 115 Å². The van der Waals surface area contributed by atoms with Crippen LogP contribution in [0.5, 0.6) is 5.75 Å². The number of ether oxygens (including phenoxy) is 1. The van der Waals surface area contributed by atoms with Gasteiger partial charge in [0.25, 0.3) is 0 Å². The summed E-state index contributed by atoms with van der Waals surface area (Å²) in [5, 5.41) is 10.7. The zero-order valence-electron chi connectivity index (χ0n) is 11.9. The maximum Gasteiger partial charge on any atom is 0.125 e. The number of fused-ring (bicyclic) bond motifs is 1. The van der Waals surface area contributed by atoms with E-state index in [0.29, 0.717) is 12.5 Å². The largest absolute Gasteiger partial charge is 0.493 e. The van der Waals surface area contributed by atoms with Crippen LogP contribution in [0.15, 0.2) is 18.2 Å². The fourth-order valence-corrected chi connectivity index (χ4v) is 3.91. The first kappa shape index (κ1) is 13.0. The van der Waals surface area contributed by atoms with Crippen molar-refractivity contribution in [2.45, 2.75) is 45.6 Å². The van der Waals surface area contributed by atoms with Crippen molar-refractivity contribution >= 4 is 0 Å². The van der Waals surface area contributed by atoms with Gasteiger partial charge in [0.1, 0.15) is 5.75 Å². The molecule has 0 aliphatic heterocycles. The van der Waals surface area contributed by atoms with E-state index in [4.69, 9.17) is 4.74 Å². The standard InChI is InChI=1S/C17H24O2/c1-3-19-15-9-8-11(2)10-14(15)17(18)16-12-6-4-5-7-13(12)16/h8-10,12-13,16-18H,3-7H2,1-2H3. The van der Waals surface area contributed by atoms with Crippen molar-refractivity contribution in [1.29, 1.82) is 0 Å². The van der Waals surface area contributed by atoms with Crippen molar-refractivity contribution in [3.05, 3.63) is 29.3 Å². The molecular weight excluding hydrogens is 236 g/mol. The smallest absolute Gasteiger partial charge is 0.125 e. The second-order valence-corrected chi connectivity index (χ2v) is 6.11. The summed E-state index contributed by atoms with van der Waals surface area (Å²) in [6.07, 6.45) is 4.96. The highest BCUT2D eigenvalue weighted by molar-refractivity contribution is 5.39. The van der Waals surface area contributed by atoms with Gasteiger partial charge in [-0.1, -0.05) is 24.5 Å². The van der Waals surface area contributed by atoms with E-state index in [9.17, 15) is 5.11 Å². The van der Waals surface area contributed by atoms with Gasteiger partial charge in [-0.3, -0.25) is 0 Å². The van der Waals surface area contributed by atoms with Crippen LogP contribution in [0.2, 0.25) is 0 Å². The van der Waals surface area contributed by atoms with E-state index in [1.165, 1.54) is 31.2 Å². The maximum atomic E-state index is 10.7. The normalized spacial score (nSPS) is 30.6. The van der Waals surface area contributed by atoms with Crippen LogP contribution in [0.25, 0.3) is 0 Å².